The van der Waals surface area contributed by atoms with Crippen LogP contribution in [0.3, 0.4) is 0 Å². The van der Waals surface area contributed by atoms with Crippen molar-refractivity contribution in [2.45, 2.75) is 13.5 Å². The molecule has 0 radical (unpaired) electrons. The number of hydrogen-bond acceptors (Lipinski definition) is 4. The van der Waals surface area contributed by atoms with Crippen LogP contribution in [0.5, 0.6) is 5.75 Å². The zero-order valence-corrected chi connectivity index (χ0v) is 16.6. The van der Waals surface area contributed by atoms with Crippen molar-refractivity contribution in [2.24, 2.45) is 0 Å². The van der Waals surface area contributed by atoms with Crippen LogP contribution >= 0.6 is 11.3 Å². The predicted molar refractivity (Wildman–Crippen MR) is 114 cm³/mol. The smallest absolute Gasteiger partial charge is 0.260 e. The number of carbonyl (C=O) groups is 1. The monoisotopic (exact) mass is 388 g/mol. The first-order valence-corrected chi connectivity index (χ1v) is 9.83. The maximum absolute atomic E-state index is 13.3. The Morgan fingerprint density at radius 3 is 2.50 bits per heavy atom. The number of methoxy groups -OCH3 is 1. The van der Waals surface area contributed by atoms with Crippen molar-refractivity contribution < 1.29 is 9.53 Å². The van der Waals surface area contributed by atoms with Gasteiger partial charge in [0.05, 0.1) is 23.9 Å². The van der Waals surface area contributed by atoms with Crippen molar-refractivity contribution in [3.63, 3.8) is 0 Å². The Bertz CT molecular complexity index is 1100. The molecular weight excluding hydrogens is 368 g/mol. The zero-order valence-electron chi connectivity index (χ0n) is 15.8. The third kappa shape index (κ3) is 3.75. The number of amides is 1. The van der Waals surface area contributed by atoms with Gasteiger partial charge in [0.15, 0.2) is 5.13 Å². The molecule has 3 aromatic carbocycles. The molecule has 5 heteroatoms. The number of hydrogen-bond donors (Lipinski definition) is 0. The van der Waals surface area contributed by atoms with Crippen molar-refractivity contribution in [3.05, 3.63) is 89.5 Å². The van der Waals surface area contributed by atoms with E-state index in [-0.39, 0.29) is 5.91 Å². The number of anilines is 1. The fourth-order valence-electron chi connectivity index (χ4n) is 2.98. The zero-order chi connectivity index (χ0) is 19.5. The summed E-state index contributed by atoms with van der Waals surface area (Å²) in [5, 5.41) is 0.678. The van der Waals surface area contributed by atoms with Gasteiger partial charge < -0.3 is 4.74 Å². The first kappa shape index (κ1) is 18.2. The van der Waals surface area contributed by atoms with Gasteiger partial charge in [0.2, 0.25) is 0 Å². The van der Waals surface area contributed by atoms with Crippen LogP contribution in [-0.4, -0.2) is 18.0 Å². The molecule has 1 heterocycles. The maximum Gasteiger partial charge on any atom is 0.260 e. The van der Waals surface area contributed by atoms with E-state index >= 15 is 0 Å². The third-order valence-electron chi connectivity index (χ3n) is 4.54. The lowest BCUT2D eigenvalue weighted by Crippen LogP contribution is -2.30. The van der Waals surface area contributed by atoms with Crippen molar-refractivity contribution in [3.8, 4) is 5.75 Å². The summed E-state index contributed by atoms with van der Waals surface area (Å²) in [5.74, 6) is 0.693. The molecule has 4 rings (SSSR count). The standard InChI is InChI=1S/C23H20N2O2S/c1-16-8-10-18(11-9-16)22(26)25(15-17-6-4-3-5-7-17)23-24-20-14-19(27-2)12-13-21(20)28-23/h3-14H,15H2,1-2H3. The van der Waals surface area contributed by atoms with Gasteiger partial charge in [-0.2, -0.15) is 0 Å². The summed E-state index contributed by atoms with van der Waals surface area (Å²) in [6, 6.07) is 23.4. The maximum atomic E-state index is 13.3. The van der Waals surface area contributed by atoms with Crippen molar-refractivity contribution in [1.29, 1.82) is 0 Å². The first-order chi connectivity index (χ1) is 13.6. The summed E-state index contributed by atoms with van der Waals surface area (Å²) in [6.45, 7) is 2.47. The van der Waals surface area contributed by atoms with Gasteiger partial charge in [-0.25, -0.2) is 4.98 Å². The molecular formula is C23H20N2O2S. The van der Waals surface area contributed by atoms with Crippen LogP contribution in [0.4, 0.5) is 5.13 Å². The van der Waals surface area contributed by atoms with Crippen LogP contribution in [-0.2, 0) is 6.54 Å². The number of ether oxygens (including phenoxy) is 1. The SMILES string of the molecule is COc1ccc2sc(N(Cc3ccccc3)C(=O)c3ccc(C)cc3)nc2c1. The molecule has 0 aliphatic heterocycles. The average molecular weight is 388 g/mol. The number of carbonyl (C=O) groups excluding carboxylic acids is 1. The van der Waals surface area contributed by atoms with Gasteiger partial charge in [-0.15, -0.1) is 0 Å². The van der Waals surface area contributed by atoms with E-state index in [4.69, 9.17) is 9.72 Å². The van der Waals surface area contributed by atoms with Gasteiger partial charge >= 0.3 is 0 Å². The molecule has 0 saturated heterocycles. The molecule has 0 aliphatic carbocycles. The second-order valence-corrected chi connectivity index (χ2v) is 7.58. The van der Waals surface area contributed by atoms with E-state index in [0.717, 1.165) is 27.1 Å². The van der Waals surface area contributed by atoms with Gasteiger partial charge in [0, 0.05) is 11.6 Å². The Morgan fingerprint density at radius 1 is 1.04 bits per heavy atom. The van der Waals surface area contributed by atoms with Crippen LogP contribution in [0.1, 0.15) is 21.5 Å². The van der Waals surface area contributed by atoms with E-state index in [2.05, 4.69) is 0 Å². The molecule has 140 valence electrons. The minimum absolute atomic E-state index is 0.0603. The van der Waals surface area contributed by atoms with Crippen LogP contribution in [0.15, 0.2) is 72.8 Å². The molecule has 0 unspecified atom stereocenters. The van der Waals surface area contributed by atoms with E-state index in [1.54, 1.807) is 12.0 Å². The van der Waals surface area contributed by atoms with E-state index in [1.165, 1.54) is 11.3 Å². The van der Waals surface area contributed by atoms with Gasteiger partial charge in [0.25, 0.3) is 5.91 Å². The minimum Gasteiger partial charge on any atom is -0.497 e. The Hall–Kier alpha value is -3.18. The predicted octanol–water partition coefficient (Wildman–Crippen LogP) is 5.46. The Morgan fingerprint density at radius 2 is 1.79 bits per heavy atom. The van der Waals surface area contributed by atoms with Crippen molar-refractivity contribution in [1.82, 2.24) is 4.98 Å². The number of benzene rings is 3. The average Bonchev–Trinajstić information content (AvgIpc) is 3.15. The summed E-state index contributed by atoms with van der Waals surface area (Å²) in [7, 11) is 1.64. The second kappa shape index (κ2) is 7.82. The topological polar surface area (TPSA) is 42.4 Å². The van der Waals surface area contributed by atoms with E-state index < -0.39 is 0 Å². The number of thiazole rings is 1. The first-order valence-electron chi connectivity index (χ1n) is 9.01. The van der Waals surface area contributed by atoms with Gasteiger partial charge in [-0.1, -0.05) is 59.4 Å². The Kier molecular flexibility index (Phi) is 5.08. The molecule has 0 fully saturated rings. The van der Waals surface area contributed by atoms with Crippen LogP contribution in [0, 0.1) is 6.92 Å². The fourth-order valence-corrected chi connectivity index (χ4v) is 3.93. The molecule has 0 spiro atoms. The van der Waals surface area contributed by atoms with Gasteiger partial charge in [0.1, 0.15) is 5.75 Å². The highest BCUT2D eigenvalue weighted by Gasteiger charge is 2.22. The van der Waals surface area contributed by atoms with E-state index in [9.17, 15) is 4.79 Å². The van der Waals surface area contributed by atoms with E-state index in [1.807, 2.05) is 79.7 Å². The number of fused-ring (bicyclic) bond motifs is 1. The normalized spacial score (nSPS) is 10.8. The van der Waals surface area contributed by atoms with Crippen molar-refractivity contribution >= 4 is 32.6 Å². The van der Waals surface area contributed by atoms with Gasteiger partial charge in [-0.3, -0.25) is 9.69 Å². The summed E-state index contributed by atoms with van der Waals surface area (Å²) < 4.78 is 6.32. The molecule has 4 aromatic rings. The molecule has 4 nitrogen and oxygen atoms in total. The largest absolute Gasteiger partial charge is 0.497 e. The highest BCUT2D eigenvalue weighted by Crippen LogP contribution is 2.32. The molecule has 0 saturated carbocycles. The Balaban J connectivity index is 1.75. The summed E-state index contributed by atoms with van der Waals surface area (Å²) >= 11 is 1.51. The Labute approximate surface area is 168 Å². The molecule has 0 atom stereocenters. The molecule has 0 bridgehead atoms. The van der Waals surface area contributed by atoms with Crippen LogP contribution in [0.2, 0.25) is 0 Å². The number of aryl methyl sites for hydroxylation is 1. The molecule has 1 aromatic heterocycles. The minimum atomic E-state index is -0.0603. The second-order valence-electron chi connectivity index (χ2n) is 6.57. The van der Waals surface area contributed by atoms with Crippen LogP contribution in [0.25, 0.3) is 10.2 Å². The van der Waals surface area contributed by atoms with Crippen molar-refractivity contribution in [2.75, 3.05) is 12.0 Å². The highest BCUT2D eigenvalue weighted by molar-refractivity contribution is 7.22. The number of rotatable bonds is 5. The molecule has 1 amide bonds. The number of aromatic nitrogens is 1. The van der Waals surface area contributed by atoms with Crippen LogP contribution < -0.4 is 9.64 Å². The summed E-state index contributed by atoms with van der Waals surface area (Å²) in [4.78, 5) is 19.8. The lowest BCUT2D eigenvalue weighted by molar-refractivity contribution is 0.0985. The number of nitrogens with zero attached hydrogens (tertiary/aromatic N) is 2. The lowest BCUT2D eigenvalue weighted by atomic mass is 10.1. The molecule has 0 N–H and O–H groups in total. The molecule has 28 heavy (non-hydrogen) atoms. The lowest BCUT2D eigenvalue weighted by Gasteiger charge is -2.20. The van der Waals surface area contributed by atoms with Gasteiger partial charge in [-0.05, 0) is 36.8 Å². The molecule has 0 aliphatic rings. The van der Waals surface area contributed by atoms with E-state index in [0.29, 0.717) is 17.2 Å². The summed E-state index contributed by atoms with van der Waals surface area (Å²) in [5.41, 5.74) is 3.66. The quantitative estimate of drug-likeness (QED) is 0.456. The third-order valence-corrected chi connectivity index (χ3v) is 5.60. The highest BCUT2D eigenvalue weighted by atomic mass is 32.1. The fraction of sp³-hybridized carbons (Fsp3) is 0.130. The summed E-state index contributed by atoms with van der Waals surface area (Å²) in [6.07, 6.45) is 0.